The number of nitrogens with zero attached hydrogens (tertiary/aromatic N) is 3. The average Bonchev–Trinajstić information content (AvgIpc) is 2.77. The second-order valence-corrected chi connectivity index (χ2v) is 4.75. The highest BCUT2D eigenvalue weighted by Gasteiger charge is 2.15. The molecule has 0 aliphatic carbocycles. The Hall–Kier alpha value is -2.02. The van der Waals surface area contributed by atoms with Crippen molar-refractivity contribution in [3.63, 3.8) is 0 Å². The van der Waals surface area contributed by atoms with Crippen molar-refractivity contribution in [1.29, 1.82) is 0 Å². The van der Waals surface area contributed by atoms with E-state index < -0.39 is 0 Å². The van der Waals surface area contributed by atoms with Gasteiger partial charge in [0.15, 0.2) is 5.16 Å². The number of nitrogen functional groups attached to an aromatic ring is 1. The summed E-state index contributed by atoms with van der Waals surface area (Å²) in [4.78, 5) is 16.7. The lowest BCUT2D eigenvalue weighted by atomic mass is 10.2. The number of anilines is 1. The van der Waals surface area contributed by atoms with Crippen LogP contribution in [0.3, 0.4) is 0 Å². The number of nitrogens with two attached hydrogens (primary N) is 1. The number of benzene rings is 1. The van der Waals surface area contributed by atoms with E-state index in [1.54, 1.807) is 36.9 Å². The molecule has 2 rings (SSSR count). The highest BCUT2D eigenvalue weighted by Crippen LogP contribution is 2.30. The van der Waals surface area contributed by atoms with Gasteiger partial charge in [-0.3, -0.25) is 0 Å². The minimum atomic E-state index is -0.389. The van der Waals surface area contributed by atoms with Crippen LogP contribution in [0.25, 0.3) is 0 Å². The van der Waals surface area contributed by atoms with Crippen LogP contribution in [0.15, 0.2) is 34.6 Å². The van der Waals surface area contributed by atoms with E-state index in [9.17, 15) is 4.79 Å². The quantitative estimate of drug-likeness (QED) is 0.677. The van der Waals surface area contributed by atoms with Gasteiger partial charge < -0.3 is 10.5 Å². The van der Waals surface area contributed by atoms with Crippen molar-refractivity contribution in [3.05, 3.63) is 30.1 Å². The van der Waals surface area contributed by atoms with Crippen molar-refractivity contribution in [2.45, 2.75) is 17.0 Å². The third-order valence-electron chi connectivity index (χ3n) is 2.37. The first-order chi connectivity index (χ1) is 9.11. The summed E-state index contributed by atoms with van der Waals surface area (Å²) in [5.74, 6) is -0.389. The summed E-state index contributed by atoms with van der Waals surface area (Å²) >= 11 is 1.34. The summed E-state index contributed by atoms with van der Waals surface area (Å²) < 4.78 is 6.66. The summed E-state index contributed by atoms with van der Waals surface area (Å²) in [6, 6.07) is 5.12. The lowest BCUT2D eigenvalue weighted by molar-refractivity contribution is 0.0522. The van der Waals surface area contributed by atoms with Crippen LogP contribution >= 0.6 is 11.8 Å². The van der Waals surface area contributed by atoms with Gasteiger partial charge in [-0.2, -0.15) is 5.10 Å². The van der Waals surface area contributed by atoms with E-state index in [1.165, 1.54) is 18.1 Å². The molecular weight excluding hydrogens is 264 g/mol. The maximum absolute atomic E-state index is 11.9. The number of aryl methyl sites for hydroxylation is 1. The zero-order valence-electron chi connectivity index (χ0n) is 10.7. The number of hydrogen-bond donors (Lipinski definition) is 1. The molecule has 0 atom stereocenters. The van der Waals surface area contributed by atoms with Gasteiger partial charge in [-0.1, -0.05) is 0 Å². The second kappa shape index (κ2) is 5.75. The third-order valence-corrected chi connectivity index (χ3v) is 3.50. The number of hydrogen-bond acceptors (Lipinski definition) is 6. The van der Waals surface area contributed by atoms with Gasteiger partial charge in [0.2, 0.25) is 0 Å². The summed E-state index contributed by atoms with van der Waals surface area (Å²) in [7, 11) is 1.79. The molecule has 1 aromatic heterocycles. The van der Waals surface area contributed by atoms with Crippen LogP contribution in [0.1, 0.15) is 17.3 Å². The molecule has 0 saturated heterocycles. The lowest BCUT2D eigenvalue weighted by Crippen LogP contribution is -2.07. The first-order valence-electron chi connectivity index (χ1n) is 5.70. The Labute approximate surface area is 115 Å². The molecule has 1 aromatic carbocycles. The lowest BCUT2D eigenvalue weighted by Gasteiger charge is -2.08. The molecule has 0 radical (unpaired) electrons. The molecule has 7 heteroatoms. The van der Waals surface area contributed by atoms with Crippen LogP contribution in [0.4, 0.5) is 5.69 Å². The van der Waals surface area contributed by atoms with Gasteiger partial charge in [-0.15, -0.1) is 0 Å². The van der Waals surface area contributed by atoms with Gasteiger partial charge in [0.25, 0.3) is 0 Å². The Balaban J connectivity index is 2.34. The molecule has 0 aliphatic heterocycles. The molecule has 2 N–H and O–H groups in total. The molecule has 0 unspecified atom stereocenters. The smallest absolute Gasteiger partial charge is 0.339 e. The first-order valence-corrected chi connectivity index (χ1v) is 6.52. The van der Waals surface area contributed by atoms with Crippen molar-refractivity contribution >= 4 is 23.4 Å². The fourth-order valence-electron chi connectivity index (χ4n) is 1.48. The zero-order chi connectivity index (χ0) is 13.8. The van der Waals surface area contributed by atoms with E-state index in [0.29, 0.717) is 23.0 Å². The Morgan fingerprint density at radius 1 is 1.53 bits per heavy atom. The average molecular weight is 278 g/mol. The summed E-state index contributed by atoms with van der Waals surface area (Å²) in [6.45, 7) is 2.08. The molecule has 1 heterocycles. The molecule has 0 saturated carbocycles. The van der Waals surface area contributed by atoms with Gasteiger partial charge in [0.1, 0.15) is 6.33 Å². The molecule has 0 bridgehead atoms. The van der Waals surface area contributed by atoms with Crippen molar-refractivity contribution < 1.29 is 9.53 Å². The first kappa shape index (κ1) is 13.4. The molecule has 2 aromatic rings. The maximum atomic E-state index is 11.9. The summed E-state index contributed by atoms with van der Waals surface area (Å²) in [5, 5.41) is 4.68. The predicted molar refractivity (Wildman–Crippen MR) is 71.9 cm³/mol. The van der Waals surface area contributed by atoms with Crippen molar-refractivity contribution in [2.75, 3.05) is 12.3 Å². The normalized spacial score (nSPS) is 10.4. The Morgan fingerprint density at radius 2 is 2.32 bits per heavy atom. The zero-order valence-corrected chi connectivity index (χ0v) is 11.5. The minimum absolute atomic E-state index is 0.321. The largest absolute Gasteiger partial charge is 0.462 e. The summed E-state index contributed by atoms with van der Waals surface area (Å²) in [5.41, 5.74) is 6.67. The molecule has 0 fully saturated rings. The van der Waals surface area contributed by atoms with Gasteiger partial charge in [-0.05, 0) is 36.9 Å². The van der Waals surface area contributed by atoms with Crippen LogP contribution in [-0.4, -0.2) is 27.3 Å². The fourth-order valence-corrected chi connectivity index (χ4v) is 2.35. The monoisotopic (exact) mass is 278 g/mol. The van der Waals surface area contributed by atoms with E-state index in [2.05, 4.69) is 10.1 Å². The van der Waals surface area contributed by atoms with Crippen molar-refractivity contribution in [2.24, 2.45) is 7.05 Å². The van der Waals surface area contributed by atoms with E-state index >= 15 is 0 Å². The molecule has 0 spiro atoms. The highest BCUT2D eigenvalue weighted by atomic mass is 32.2. The van der Waals surface area contributed by atoms with Gasteiger partial charge in [0, 0.05) is 17.6 Å². The molecule has 19 heavy (non-hydrogen) atoms. The van der Waals surface area contributed by atoms with E-state index in [4.69, 9.17) is 10.5 Å². The topological polar surface area (TPSA) is 83.0 Å². The Bertz CT molecular complexity index is 597. The Kier molecular flexibility index (Phi) is 4.06. The number of esters is 1. The second-order valence-electron chi connectivity index (χ2n) is 3.74. The minimum Gasteiger partial charge on any atom is -0.462 e. The number of carbonyl (C=O) groups is 1. The number of ether oxygens (including phenoxy) is 1. The van der Waals surface area contributed by atoms with Crippen LogP contribution in [0, 0.1) is 0 Å². The van der Waals surface area contributed by atoms with E-state index in [-0.39, 0.29) is 5.97 Å². The number of aromatic nitrogens is 3. The molecule has 0 aliphatic rings. The van der Waals surface area contributed by atoms with E-state index in [0.717, 1.165) is 4.90 Å². The fraction of sp³-hybridized carbons (Fsp3) is 0.250. The number of carbonyl (C=O) groups excluding carboxylic acids is 1. The van der Waals surface area contributed by atoms with Crippen LogP contribution in [-0.2, 0) is 11.8 Å². The highest BCUT2D eigenvalue weighted by molar-refractivity contribution is 7.99. The Morgan fingerprint density at radius 3 is 2.95 bits per heavy atom. The maximum Gasteiger partial charge on any atom is 0.339 e. The van der Waals surface area contributed by atoms with Crippen LogP contribution in [0.5, 0.6) is 0 Å². The van der Waals surface area contributed by atoms with Crippen molar-refractivity contribution in [1.82, 2.24) is 14.8 Å². The molecule has 6 nitrogen and oxygen atoms in total. The van der Waals surface area contributed by atoms with Gasteiger partial charge in [0.05, 0.1) is 12.2 Å². The number of rotatable bonds is 4. The molecule has 100 valence electrons. The van der Waals surface area contributed by atoms with Crippen molar-refractivity contribution in [3.8, 4) is 0 Å². The SMILES string of the molecule is CCOC(=O)c1cc(N)ccc1Sc1ncnn1C. The van der Waals surface area contributed by atoms with Crippen LogP contribution < -0.4 is 5.73 Å². The third kappa shape index (κ3) is 3.05. The van der Waals surface area contributed by atoms with Gasteiger partial charge in [-0.25, -0.2) is 14.5 Å². The predicted octanol–water partition coefficient (Wildman–Crippen LogP) is 1.73. The molecular formula is C12H14N4O2S. The van der Waals surface area contributed by atoms with Gasteiger partial charge >= 0.3 is 5.97 Å². The molecule has 0 amide bonds. The standard InChI is InChI=1S/C12H14N4O2S/c1-3-18-11(17)9-6-8(13)4-5-10(9)19-12-14-7-15-16(12)2/h4-7H,3,13H2,1-2H3. The van der Waals surface area contributed by atoms with Crippen LogP contribution in [0.2, 0.25) is 0 Å². The summed E-state index contributed by atoms with van der Waals surface area (Å²) in [6.07, 6.45) is 1.46. The van der Waals surface area contributed by atoms with E-state index in [1.807, 2.05) is 0 Å².